The van der Waals surface area contributed by atoms with Gasteiger partial charge in [-0.25, -0.2) is 6.57 Å². The van der Waals surface area contributed by atoms with Gasteiger partial charge in [0, 0.05) is 64.1 Å². The Hall–Kier alpha value is -3.54. The van der Waals surface area contributed by atoms with Gasteiger partial charge in [0.15, 0.2) is 0 Å². The van der Waals surface area contributed by atoms with Crippen molar-refractivity contribution in [2.45, 2.75) is 148 Å². The minimum atomic E-state index is -1.71. The molecule has 0 radical (unpaired) electrons. The molecule has 0 aliphatic carbocycles. The number of rotatable bonds is 26. The topological polar surface area (TPSA) is 231 Å². The number of fused-ring (bicyclic) bond motifs is 5. The third-order valence-corrected chi connectivity index (χ3v) is 14.6. The summed E-state index contributed by atoms with van der Waals surface area (Å²) in [6.45, 7) is 25.0. The number of nitrogens with zero attached hydrogens (tertiary/aromatic N) is 2. The summed E-state index contributed by atoms with van der Waals surface area (Å²) in [7, 11) is 1.48. The molecule has 5 amide bonds. The Bertz CT molecular complexity index is 1830. The van der Waals surface area contributed by atoms with E-state index < -0.39 is 93.1 Å². The zero-order chi connectivity index (χ0) is 49.2. The van der Waals surface area contributed by atoms with Crippen LogP contribution in [0.5, 0.6) is 0 Å². The normalized spacial score (nSPS) is 24.7. The standard InChI is InChI=1S/C46H73N5O12S2/c1-13-22-64-40(60)65-45(10,38(58)50-24-30(3)53)27-42(7,37(57)49-23-29(2)52)25-43(8,26-44(9,47-11)16-15-32(54)48-19-18-41(4,5)6)39(59)62-21-20-51-35(55)33-31-14-17-46(63-31,28-61-12)34(33)36(51)56/h14,17,29-31,33-34,52-53H,13,15-16,18-28H2,1-10,12H3,(H,48,54)(H,49,57)(H,50,58). The molecule has 0 aromatic carbocycles. The van der Waals surface area contributed by atoms with Gasteiger partial charge in [0.05, 0.1) is 48.7 Å². The summed E-state index contributed by atoms with van der Waals surface area (Å²) in [6.07, 6.45) is 1.49. The lowest BCUT2D eigenvalue weighted by atomic mass is 9.64. The molecule has 3 heterocycles. The Balaban J connectivity index is 2.04. The molecule has 19 heteroatoms. The number of aliphatic hydroxyl groups is 2. The third-order valence-electron chi connectivity index (χ3n) is 12.2. The van der Waals surface area contributed by atoms with Gasteiger partial charge in [-0.2, -0.15) is 0 Å². The number of esters is 1. The number of likely N-dealkylation sites (tertiary alicyclic amines) is 1. The van der Waals surface area contributed by atoms with Crippen LogP contribution in [0.4, 0.5) is 4.79 Å². The molecule has 17 nitrogen and oxygen atoms in total. The van der Waals surface area contributed by atoms with Crippen LogP contribution in [0.2, 0.25) is 0 Å². The summed E-state index contributed by atoms with van der Waals surface area (Å²) in [5.74, 6) is -4.47. The van der Waals surface area contributed by atoms with Crippen molar-refractivity contribution in [3.63, 3.8) is 0 Å². The van der Waals surface area contributed by atoms with Gasteiger partial charge in [0.1, 0.15) is 17.0 Å². The van der Waals surface area contributed by atoms with Crippen molar-refractivity contribution < 1.29 is 58.0 Å². The number of hydrogen-bond acceptors (Lipinski definition) is 14. The minimum absolute atomic E-state index is 0.0194. The highest BCUT2D eigenvalue weighted by Gasteiger charge is 2.67. The van der Waals surface area contributed by atoms with Crippen molar-refractivity contribution in [2.75, 3.05) is 52.3 Å². The lowest BCUT2D eigenvalue weighted by Gasteiger charge is -2.42. The first-order chi connectivity index (χ1) is 30.1. The summed E-state index contributed by atoms with van der Waals surface area (Å²) < 4.78 is 15.3. The second-order valence-corrected chi connectivity index (χ2v) is 23.1. The number of imide groups is 1. The molecule has 10 unspecified atom stereocenters. The molecule has 0 aromatic heterocycles. The van der Waals surface area contributed by atoms with E-state index in [0.717, 1.165) is 34.8 Å². The maximum absolute atomic E-state index is 14.8. The number of methoxy groups -OCH3 is 1. The molecule has 366 valence electrons. The highest BCUT2D eigenvalue weighted by molar-refractivity contribution is 8.39. The number of carbonyl (C=O) groups is 7. The van der Waals surface area contributed by atoms with Gasteiger partial charge in [-0.05, 0) is 58.8 Å². The zero-order valence-electron chi connectivity index (χ0n) is 40.1. The van der Waals surface area contributed by atoms with E-state index in [0.29, 0.717) is 18.7 Å². The number of aliphatic hydroxyl groups excluding tert-OH is 2. The van der Waals surface area contributed by atoms with Crippen LogP contribution in [0, 0.1) is 34.7 Å². The van der Waals surface area contributed by atoms with Crippen LogP contribution in [0.3, 0.4) is 0 Å². The van der Waals surface area contributed by atoms with Crippen molar-refractivity contribution in [2.24, 2.45) is 28.1 Å². The molecular weight excluding hydrogens is 879 g/mol. The second kappa shape index (κ2) is 23.0. The van der Waals surface area contributed by atoms with E-state index in [2.05, 4.69) is 41.6 Å². The number of thioether (sulfide) groups is 2. The first-order valence-corrected chi connectivity index (χ1v) is 24.3. The van der Waals surface area contributed by atoms with Crippen molar-refractivity contribution >= 4 is 63.5 Å². The Kier molecular flexibility index (Phi) is 19.7. The van der Waals surface area contributed by atoms with Crippen LogP contribution < -0.4 is 16.0 Å². The van der Waals surface area contributed by atoms with E-state index in [1.807, 2.05) is 6.92 Å². The number of hydrogen-bond donors (Lipinski definition) is 5. The van der Waals surface area contributed by atoms with Gasteiger partial charge >= 0.3 is 5.97 Å². The van der Waals surface area contributed by atoms with Gasteiger partial charge in [-0.1, -0.05) is 70.3 Å². The van der Waals surface area contributed by atoms with Crippen LogP contribution in [-0.4, -0.2) is 142 Å². The van der Waals surface area contributed by atoms with E-state index in [4.69, 9.17) is 20.8 Å². The second-order valence-electron chi connectivity index (χ2n) is 20.3. The van der Waals surface area contributed by atoms with Gasteiger partial charge in [0.2, 0.25) is 39.5 Å². The SMILES string of the molecule is [C-]#[N+]C(C)(CCC(=O)NCCC(C)(C)C)CC(C)(CC(C)(CC(C)(SC(=O)SCCC)C(=O)NCC(C)O)C(=O)NCC(C)O)C(=O)OCCN1C(=O)C2C3C=CC(COC)(O3)C2C1=O. The molecule has 10 atom stereocenters. The molecule has 2 bridgehead atoms. The van der Waals surface area contributed by atoms with Crippen molar-refractivity contribution in [1.29, 1.82) is 0 Å². The number of nitrogens with one attached hydrogen (secondary N) is 3. The minimum Gasteiger partial charge on any atom is -0.463 e. The molecule has 65 heavy (non-hydrogen) atoms. The van der Waals surface area contributed by atoms with E-state index >= 15 is 0 Å². The molecule has 0 saturated carbocycles. The van der Waals surface area contributed by atoms with Gasteiger partial charge in [-0.15, -0.1) is 0 Å². The zero-order valence-corrected chi connectivity index (χ0v) is 41.8. The maximum atomic E-state index is 14.8. The quantitative estimate of drug-likeness (QED) is 0.0350. The molecule has 5 N–H and O–H groups in total. The fourth-order valence-corrected chi connectivity index (χ4v) is 11.5. The largest absolute Gasteiger partial charge is 0.463 e. The van der Waals surface area contributed by atoms with Crippen LogP contribution in [-0.2, 0) is 43.0 Å². The molecule has 0 aromatic rings. The summed E-state index contributed by atoms with van der Waals surface area (Å²) in [5, 5.41) is 28.6. The summed E-state index contributed by atoms with van der Waals surface area (Å²) >= 11 is 1.75. The summed E-state index contributed by atoms with van der Waals surface area (Å²) in [4.78, 5) is 102. The van der Waals surface area contributed by atoms with Gasteiger partial charge in [0.25, 0.3) is 0 Å². The lowest BCUT2D eigenvalue weighted by Crippen LogP contribution is -2.53. The average molecular weight is 952 g/mol. The van der Waals surface area contributed by atoms with Crippen LogP contribution >= 0.6 is 23.5 Å². The van der Waals surface area contributed by atoms with Crippen molar-refractivity contribution in [3.05, 3.63) is 23.6 Å². The van der Waals surface area contributed by atoms with Gasteiger partial charge < -0.3 is 45.2 Å². The number of ether oxygens (including phenoxy) is 3. The predicted molar refractivity (Wildman–Crippen MR) is 248 cm³/mol. The summed E-state index contributed by atoms with van der Waals surface area (Å²) in [6, 6.07) is 0. The molecule has 3 aliphatic heterocycles. The van der Waals surface area contributed by atoms with Crippen LogP contribution in [0.1, 0.15) is 114 Å². The van der Waals surface area contributed by atoms with E-state index in [1.165, 1.54) is 34.8 Å². The number of amides is 5. The molecule has 0 spiro atoms. The molecular formula is C46H73N5O12S2. The predicted octanol–water partition coefficient (Wildman–Crippen LogP) is 4.43. The van der Waals surface area contributed by atoms with Crippen LogP contribution in [0.25, 0.3) is 4.85 Å². The van der Waals surface area contributed by atoms with Crippen LogP contribution in [0.15, 0.2) is 12.2 Å². The first-order valence-electron chi connectivity index (χ1n) is 22.4. The summed E-state index contributed by atoms with van der Waals surface area (Å²) in [5.41, 5.74) is -5.88. The van der Waals surface area contributed by atoms with E-state index in [9.17, 15) is 43.8 Å². The highest BCUT2D eigenvalue weighted by atomic mass is 32.2. The maximum Gasteiger partial charge on any atom is 0.312 e. The van der Waals surface area contributed by atoms with E-state index in [1.54, 1.807) is 26.0 Å². The number of carbonyl (C=O) groups excluding carboxylic acids is 7. The van der Waals surface area contributed by atoms with Crippen molar-refractivity contribution in [3.8, 4) is 0 Å². The Labute approximate surface area is 393 Å². The van der Waals surface area contributed by atoms with Gasteiger partial charge in [-0.3, -0.25) is 38.5 Å². The Morgan fingerprint density at radius 1 is 0.923 bits per heavy atom. The first kappa shape index (κ1) is 55.8. The third kappa shape index (κ3) is 14.7. The average Bonchev–Trinajstić information content (AvgIpc) is 3.85. The van der Waals surface area contributed by atoms with Crippen molar-refractivity contribution in [1.82, 2.24) is 20.9 Å². The molecule has 2 saturated heterocycles. The lowest BCUT2D eigenvalue weighted by molar-refractivity contribution is -0.162. The Morgan fingerprint density at radius 2 is 1.55 bits per heavy atom. The fourth-order valence-electron chi connectivity index (χ4n) is 9.13. The smallest absolute Gasteiger partial charge is 0.312 e. The molecule has 3 aliphatic rings. The highest BCUT2D eigenvalue weighted by Crippen LogP contribution is 2.52. The molecule has 3 rings (SSSR count). The fraction of sp³-hybridized carbons (Fsp3) is 0.783. The van der Waals surface area contributed by atoms with E-state index in [-0.39, 0.29) is 74.1 Å². The Morgan fingerprint density at radius 3 is 2.12 bits per heavy atom. The monoisotopic (exact) mass is 951 g/mol. The molecule has 2 fully saturated rings.